The molecule has 0 atom stereocenters. The Balaban J connectivity index is 2.11. The molecular weight excluding hydrogens is 250 g/mol. The van der Waals surface area contributed by atoms with Crippen LogP contribution < -0.4 is 4.72 Å². The number of sulfonamides is 1. The van der Waals surface area contributed by atoms with Crippen molar-refractivity contribution in [3.63, 3.8) is 0 Å². The molecule has 2 rings (SSSR count). The van der Waals surface area contributed by atoms with Gasteiger partial charge in [0.05, 0.1) is 5.25 Å². The lowest BCUT2D eigenvalue weighted by molar-refractivity contribution is 0.0981. The lowest BCUT2D eigenvalue weighted by Gasteiger charge is -2.12. The van der Waals surface area contributed by atoms with E-state index < -0.39 is 21.2 Å². The number of amides is 1. The number of nitrogens with one attached hydrogen (secondary N) is 1. The molecule has 5 heteroatoms. The molecule has 0 radical (unpaired) electrons. The number of aryl methyl sites for hydroxylation is 1. The highest BCUT2D eigenvalue weighted by molar-refractivity contribution is 7.90. The van der Waals surface area contributed by atoms with Crippen LogP contribution in [0, 0.1) is 6.92 Å². The third-order valence-corrected chi connectivity index (χ3v) is 5.08. The maximum atomic E-state index is 12.0. The first-order valence-corrected chi connectivity index (χ1v) is 7.66. The number of carbonyl (C=O) groups excluding carboxylic acids is 1. The van der Waals surface area contributed by atoms with Gasteiger partial charge in [0.1, 0.15) is 0 Å². The Labute approximate surface area is 107 Å². The van der Waals surface area contributed by atoms with Gasteiger partial charge < -0.3 is 0 Å². The quantitative estimate of drug-likeness (QED) is 0.911. The maximum Gasteiger partial charge on any atom is 0.264 e. The lowest BCUT2D eigenvalue weighted by Crippen LogP contribution is -2.37. The molecule has 1 amide bonds. The Bertz CT molecular complexity index is 545. The summed E-state index contributed by atoms with van der Waals surface area (Å²) in [5, 5.41) is -0.411. The fourth-order valence-corrected chi connectivity index (χ4v) is 3.75. The van der Waals surface area contributed by atoms with Gasteiger partial charge in [-0.05, 0) is 31.9 Å². The Morgan fingerprint density at radius 1 is 1.28 bits per heavy atom. The highest BCUT2D eigenvalue weighted by Gasteiger charge is 2.30. The van der Waals surface area contributed by atoms with E-state index in [1.807, 2.05) is 13.0 Å². The zero-order chi connectivity index (χ0) is 13.2. The van der Waals surface area contributed by atoms with Gasteiger partial charge in [-0.15, -0.1) is 0 Å². The molecule has 98 valence electrons. The molecule has 0 bridgehead atoms. The number of hydrogen-bond donors (Lipinski definition) is 1. The molecule has 0 heterocycles. The van der Waals surface area contributed by atoms with Crippen molar-refractivity contribution in [2.45, 2.75) is 37.9 Å². The van der Waals surface area contributed by atoms with E-state index >= 15 is 0 Å². The van der Waals surface area contributed by atoms with Crippen LogP contribution in [0.25, 0.3) is 0 Å². The van der Waals surface area contributed by atoms with Crippen LogP contribution in [-0.2, 0) is 10.0 Å². The van der Waals surface area contributed by atoms with Gasteiger partial charge >= 0.3 is 0 Å². The van der Waals surface area contributed by atoms with Crippen LogP contribution in [0.5, 0.6) is 0 Å². The van der Waals surface area contributed by atoms with Crippen LogP contribution in [0.1, 0.15) is 41.6 Å². The van der Waals surface area contributed by atoms with Crippen molar-refractivity contribution < 1.29 is 13.2 Å². The van der Waals surface area contributed by atoms with Crippen LogP contribution in [0.4, 0.5) is 0 Å². The summed E-state index contributed by atoms with van der Waals surface area (Å²) in [6.45, 7) is 1.86. The van der Waals surface area contributed by atoms with Gasteiger partial charge in [-0.3, -0.25) is 4.79 Å². The minimum absolute atomic E-state index is 0.386. The standard InChI is InChI=1S/C13H17NO3S/c1-10-5-4-6-11(9-10)13(15)14-18(16,17)12-7-2-3-8-12/h4-6,9,12H,2-3,7-8H2,1H3,(H,14,15). The third-order valence-electron chi connectivity index (χ3n) is 3.26. The van der Waals surface area contributed by atoms with Crippen molar-refractivity contribution >= 4 is 15.9 Å². The van der Waals surface area contributed by atoms with Crippen LogP contribution >= 0.6 is 0 Å². The number of benzene rings is 1. The molecule has 0 unspecified atom stereocenters. The Kier molecular flexibility index (Phi) is 3.71. The maximum absolute atomic E-state index is 12.0. The molecule has 1 aliphatic rings. The fourth-order valence-electron chi connectivity index (χ4n) is 2.26. The summed E-state index contributed by atoms with van der Waals surface area (Å²) in [5.41, 5.74) is 1.32. The topological polar surface area (TPSA) is 63.2 Å². The molecule has 1 saturated carbocycles. The smallest absolute Gasteiger partial charge is 0.264 e. The summed E-state index contributed by atoms with van der Waals surface area (Å²) in [4.78, 5) is 11.9. The lowest BCUT2D eigenvalue weighted by atomic mass is 10.1. The van der Waals surface area contributed by atoms with Crippen molar-refractivity contribution in [3.8, 4) is 0 Å². The summed E-state index contributed by atoms with van der Waals surface area (Å²) in [5.74, 6) is -0.536. The summed E-state index contributed by atoms with van der Waals surface area (Å²) in [7, 11) is -3.52. The van der Waals surface area contributed by atoms with E-state index in [1.54, 1.807) is 18.2 Å². The molecule has 1 N–H and O–H groups in total. The van der Waals surface area contributed by atoms with Gasteiger partial charge in [0.2, 0.25) is 10.0 Å². The van der Waals surface area contributed by atoms with Gasteiger partial charge in [0.15, 0.2) is 0 Å². The monoisotopic (exact) mass is 267 g/mol. The van der Waals surface area contributed by atoms with Crippen LogP contribution in [0.3, 0.4) is 0 Å². The van der Waals surface area contributed by atoms with E-state index in [0.717, 1.165) is 18.4 Å². The number of carbonyl (C=O) groups is 1. The highest BCUT2D eigenvalue weighted by atomic mass is 32.2. The average Bonchev–Trinajstić information content (AvgIpc) is 2.82. The normalized spacial score (nSPS) is 16.7. The van der Waals surface area contributed by atoms with Gasteiger partial charge in [-0.1, -0.05) is 30.5 Å². The third kappa shape index (κ3) is 2.90. The largest absolute Gasteiger partial charge is 0.268 e. The van der Waals surface area contributed by atoms with E-state index in [2.05, 4.69) is 4.72 Å². The van der Waals surface area contributed by atoms with Crippen LogP contribution in [0.15, 0.2) is 24.3 Å². The molecule has 0 aromatic heterocycles. The van der Waals surface area contributed by atoms with Gasteiger partial charge in [0, 0.05) is 5.56 Å². The van der Waals surface area contributed by atoms with E-state index in [1.165, 1.54) is 0 Å². The van der Waals surface area contributed by atoms with Gasteiger partial charge in [0.25, 0.3) is 5.91 Å². The van der Waals surface area contributed by atoms with Crippen molar-refractivity contribution in [2.75, 3.05) is 0 Å². The van der Waals surface area contributed by atoms with Crippen molar-refractivity contribution in [2.24, 2.45) is 0 Å². The Hall–Kier alpha value is -1.36. The molecule has 0 spiro atoms. The fraction of sp³-hybridized carbons (Fsp3) is 0.462. The second-order valence-corrected chi connectivity index (χ2v) is 6.71. The minimum Gasteiger partial charge on any atom is -0.268 e. The Morgan fingerprint density at radius 2 is 1.94 bits per heavy atom. The average molecular weight is 267 g/mol. The predicted octanol–water partition coefficient (Wildman–Crippen LogP) is 2.00. The van der Waals surface area contributed by atoms with Crippen molar-refractivity contribution in [1.29, 1.82) is 0 Å². The molecule has 0 aliphatic heterocycles. The first-order chi connectivity index (χ1) is 8.49. The van der Waals surface area contributed by atoms with Gasteiger partial charge in [-0.2, -0.15) is 0 Å². The second-order valence-electron chi connectivity index (χ2n) is 4.75. The summed E-state index contributed by atoms with van der Waals surface area (Å²) < 4.78 is 26.1. The van der Waals surface area contributed by atoms with Crippen molar-refractivity contribution in [3.05, 3.63) is 35.4 Å². The van der Waals surface area contributed by atoms with E-state index in [9.17, 15) is 13.2 Å². The first kappa shape index (κ1) is 13.1. The van der Waals surface area contributed by atoms with E-state index in [4.69, 9.17) is 0 Å². The summed E-state index contributed by atoms with van der Waals surface area (Å²) in [6, 6.07) is 6.90. The Morgan fingerprint density at radius 3 is 2.56 bits per heavy atom. The van der Waals surface area contributed by atoms with Crippen LogP contribution in [-0.4, -0.2) is 19.6 Å². The number of rotatable bonds is 3. The second kappa shape index (κ2) is 5.10. The zero-order valence-corrected chi connectivity index (χ0v) is 11.2. The summed E-state index contributed by atoms with van der Waals surface area (Å²) in [6.07, 6.45) is 3.14. The highest BCUT2D eigenvalue weighted by Crippen LogP contribution is 2.24. The molecule has 1 aromatic rings. The molecule has 1 aromatic carbocycles. The van der Waals surface area contributed by atoms with E-state index in [0.29, 0.717) is 18.4 Å². The summed E-state index contributed by atoms with van der Waals surface area (Å²) >= 11 is 0. The molecule has 1 aliphatic carbocycles. The molecule has 0 saturated heterocycles. The SMILES string of the molecule is Cc1cccc(C(=O)NS(=O)(=O)C2CCCC2)c1. The van der Waals surface area contributed by atoms with Gasteiger partial charge in [-0.25, -0.2) is 13.1 Å². The van der Waals surface area contributed by atoms with Crippen molar-refractivity contribution in [1.82, 2.24) is 4.72 Å². The molecule has 18 heavy (non-hydrogen) atoms. The predicted molar refractivity (Wildman–Crippen MR) is 69.8 cm³/mol. The number of hydrogen-bond acceptors (Lipinski definition) is 3. The first-order valence-electron chi connectivity index (χ1n) is 6.12. The van der Waals surface area contributed by atoms with E-state index in [-0.39, 0.29) is 0 Å². The van der Waals surface area contributed by atoms with Crippen LogP contribution in [0.2, 0.25) is 0 Å². The molecule has 1 fully saturated rings. The minimum atomic E-state index is -3.52. The molecular formula is C13H17NO3S. The zero-order valence-electron chi connectivity index (χ0n) is 10.3. The molecule has 4 nitrogen and oxygen atoms in total.